The van der Waals surface area contributed by atoms with E-state index in [-0.39, 0.29) is 18.2 Å². The van der Waals surface area contributed by atoms with Gasteiger partial charge in [0, 0.05) is 43.0 Å². The van der Waals surface area contributed by atoms with Crippen molar-refractivity contribution in [3.63, 3.8) is 0 Å². The summed E-state index contributed by atoms with van der Waals surface area (Å²) in [5.74, 6) is 1.41. The predicted molar refractivity (Wildman–Crippen MR) is 151 cm³/mol. The van der Waals surface area contributed by atoms with Crippen molar-refractivity contribution >= 4 is 33.6 Å². The zero-order valence-corrected chi connectivity index (χ0v) is 22.3. The van der Waals surface area contributed by atoms with Crippen LogP contribution < -0.4 is 15.6 Å². The molecule has 11 nitrogen and oxygen atoms in total. The van der Waals surface area contributed by atoms with E-state index in [0.29, 0.717) is 34.7 Å². The van der Waals surface area contributed by atoms with Crippen LogP contribution in [0.3, 0.4) is 0 Å². The van der Waals surface area contributed by atoms with Crippen molar-refractivity contribution in [2.75, 3.05) is 18.9 Å². The van der Waals surface area contributed by atoms with Crippen LogP contribution in [-0.2, 0) is 13.6 Å². The van der Waals surface area contributed by atoms with Gasteiger partial charge in [0.2, 0.25) is 11.8 Å². The number of aromatic nitrogens is 7. The van der Waals surface area contributed by atoms with E-state index < -0.39 is 0 Å². The van der Waals surface area contributed by atoms with E-state index in [1.54, 1.807) is 21.6 Å². The average Bonchev–Trinajstić information content (AvgIpc) is 3.43. The Labute approximate surface area is 225 Å². The molecule has 1 fully saturated rings. The Morgan fingerprint density at radius 2 is 2.05 bits per heavy atom. The van der Waals surface area contributed by atoms with Crippen molar-refractivity contribution in [3.8, 4) is 11.7 Å². The topological polar surface area (TPSA) is 108 Å². The van der Waals surface area contributed by atoms with Gasteiger partial charge in [0.15, 0.2) is 11.5 Å². The molecule has 0 bridgehead atoms. The number of ether oxygens (including phenoxy) is 1. The minimum Gasteiger partial charge on any atom is -0.474 e. The molecule has 6 rings (SSSR count). The summed E-state index contributed by atoms with van der Waals surface area (Å²) in [7, 11) is 4.04. The third-order valence-electron chi connectivity index (χ3n) is 7.35. The molecule has 1 aliphatic heterocycles. The minimum absolute atomic E-state index is 0.0889. The van der Waals surface area contributed by atoms with Gasteiger partial charge in [-0.3, -0.25) is 9.48 Å². The summed E-state index contributed by atoms with van der Waals surface area (Å²) in [5.41, 5.74) is 2.06. The Morgan fingerprint density at radius 1 is 1.18 bits per heavy atom. The quantitative estimate of drug-likeness (QED) is 0.321. The standard InChI is InChI=1S/C28H31N9O2/c1-5-12-36-27(38)22-17-29-28(31-20-9-10-23-19(15-20)16-30-35(23)4)33-26(22)37(36)24-7-6-8-25(32-24)39-21-11-13-34(3)18(2)14-21/h5-10,15-18,21H,1,11-14H2,2-4H3,(H,29,31,33)/t18-,21-/m0/s1. The summed E-state index contributed by atoms with van der Waals surface area (Å²) >= 11 is 0. The first-order chi connectivity index (χ1) is 18.9. The van der Waals surface area contributed by atoms with Crippen LogP contribution in [0.4, 0.5) is 11.6 Å². The van der Waals surface area contributed by atoms with E-state index in [1.807, 2.05) is 54.3 Å². The third-order valence-corrected chi connectivity index (χ3v) is 7.35. The van der Waals surface area contributed by atoms with Gasteiger partial charge in [0.05, 0.1) is 18.3 Å². The molecule has 4 aromatic heterocycles. The van der Waals surface area contributed by atoms with Gasteiger partial charge in [-0.2, -0.15) is 15.1 Å². The highest BCUT2D eigenvalue weighted by Crippen LogP contribution is 2.24. The largest absolute Gasteiger partial charge is 0.474 e. The molecule has 0 amide bonds. The Morgan fingerprint density at radius 3 is 2.87 bits per heavy atom. The number of anilines is 2. The first-order valence-electron chi connectivity index (χ1n) is 13.0. The highest BCUT2D eigenvalue weighted by molar-refractivity contribution is 5.83. The summed E-state index contributed by atoms with van der Waals surface area (Å²) in [6.45, 7) is 7.31. The first-order valence-corrected chi connectivity index (χ1v) is 13.0. The van der Waals surface area contributed by atoms with E-state index >= 15 is 0 Å². The lowest BCUT2D eigenvalue weighted by Crippen LogP contribution is -2.42. The van der Waals surface area contributed by atoms with Crippen molar-refractivity contribution in [1.82, 2.24) is 39.0 Å². The van der Waals surface area contributed by atoms with Gasteiger partial charge in [-0.15, -0.1) is 6.58 Å². The highest BCUT2D eigenvalue weighted by atomic mass is 16.5. The molecular formula is C28H31N9O2. The average molecular weight is 526 g/mol. The lowest BCUT2D eigenvalue weighted by molar-refractivity contribution is 0.0759. The number of pyridine rings is 1. The normalized spacial score (nSPS) is 18.0. The molecule has 1 N–H and O–H groups in total. The van der Waals surface area contributed by atoms with Crippen molar-refractivity contribution in [2.45, 2.75) is 38.5 Å². The molecule has 0 aliphatic carbocycles. The minimum atomic E-state index is -0.217. The molecule has 0 saturated carbocycles. The summed E-state index contributed by atoms with van der Waals surface area (Å²) in [5, 5.41) is 8.95. The van der Waals surface area contributed by atoms with E-state index in [1.165, 1.54) is 0 Å². The lowest BCUT2D eigenvalue weighted by atomic mass is 10.0. The van der Waals surface area contributed by atoms with Crippen molar-refractivity contribution in [2.24, 2.45) is 7.05 Å². The Balaban J connectivity index is 1.37. The van der Waals surface area contributed by atoms with Crippen LogP contribution >= 0.6 is 0 Å². The molecule has 0 unspecified atom stereocenters. The Kier molecular flexibility index (Phi) is 6.35. The van der Waals surface area contributed by atoms with E-state index in [4.69, 9.17) is 14.7 Å². The van der Waals surface area contributed by atoms with Crippen molar-refractivity contribution < 1.29 is 4.74 Å². The number of allylic oxidation sites excluding steroid dienone is 1. The SMILES string of the molecule is C=CCn1c(=O)c2cnc(Nc3ccc4c(cnn4C)c3)nc2n1-c1cccc(O[C@H]2CCN(C)[C@@H](C)C2)n1. The molecule has 1 aliphatic rings. The van der Waals surface area contributed by atoms with Gasteiger partial charge in [0.1, 0.15) is 11.5 Å². The zero-order chi connectivity index (χ0) is 27.1. The van der Waals surface area contributed by atoms with Crippen LogP contribution in [0.15, 0.2) is 66.2 Å². The van der Waals surface area contributed by atoms with Crippen LogP contribution in [0.5, 0.6) is 5.88 Å². The summed E-state index contributed by atoms with van der Waals surface area (Å²) in [4.78, 5) is 29.6. The molecule has 1 saturated heterocycles. The fraction of sp³-hybridized carbons (Fsp3) is 0.321. The number of likely N-dealkylation sites (tertiary alicyclic amines) is 1. The molecule has 5 aromatic rings. The van der Waals surface area contributed by atoms with Gasteiger partial charge in [-0.25, -0.2) is 14.3 Å². The molecule has 1 aromatic carbocycles. The molecule has 0 radical (unpaired) electrons. The number of piperidine rings is 1. The third kappa shape index (κ3) is 4.65. The van der Waals surface area contributed by atoms with Gasteiger partial charge >= 0.3 is 0 Å². The van der Waals surface area contributed by atoms with Crippen LogP contribution in [0.2, 0.25) is 0 Å². The maximum absolute atomic E-state index is 13.3. The number of fused-ring (bicyclic) bond motifs is 2. The van der Waals surface area contributed by atoms with Gasteiger partial charge in [0.25, 0.3) is 5.56 Å². The molecular weight excluding hydrogens is 494 g/mol. The van der Waals surface area contributed by atoms with Crippen LogP contribution in [-0.4, -0.2) is 64.7 Å². The number of hydrogen-bond donors (Lipinski definition) is 1. The van der Waals surface area contributed by atoms with E-state index in [0.717, 1.165) is 36.0 Å². The molecule has 5 heterocycles. The summed E-state index contributed by atoms with van der Waals surface area (Å²) in [6.07, 6.45) is 6.99. The van der Waals surface area contributed by atoms with E-state index in [2.05, 4.69) is 40.8 Å². The fourth-order valence-corrected chi connectivity index (χ4v) is 5.09. The van der Waals surface area contributed by atoms with Crippen molar-refractivity contribution in [1.29, 1.82) is 0 Å². The van der Waals surface area contributed by atoms with Gasteiger partial charge < -0.3 is 15.0 Å². The lowest BCUT2D eigenvalue weighted by Gasteiger charge is -2.34. The van der Waals surface area contributed by atoms with Crippen LogP contribution in [0.25, 0.3) is 27.8 Å². The van der Waals surface area contributed by atoms with Crippen LogP contribution in [0.1, 0.15) is 19.8 Å². The zero-order valence-electron chi connectivity index (χ0n) is 22.3. The van der Waals surface area contributed by atoms with Gasteiger partial charge in [-0.05, 0) is 51.1 Å². The number of nitrogens with one attached hydrogen (secondary N) is 1. The maximum Gasteiger partial charge on any atom is 0.278 e. The maximum atomic E-state index is 13.3. The molecule has 0 spiro atoms. The fourth-order valence-electron chi connectivity index (χ4n) is 5.09. The van der Waals surface area contributed by atoms with E-state index in [9.17, 15) is 4.79 Å². The Bertz CT molecular complexity index is 1730. The molecule has 11 heteroatoms. The van der Waals surface area contributed by atoms with Crippen molar-refractivity contribution in [3.05, 3.63) is 71.8 Å². The number of hydrogen-bond acceptors (Lipinski definition) is 8. The molecule has 200 valence electrons. The molecule has 2 atom stereocenters. The second-order valence-electron chi connectivity index (χ2n) is 10.0. The number of benzene rings is 1. The summed E-state index contributed by atoms with van der Waals surface area (Å²) < 4.78 is 11.4. The number of aryl methyl sites for hydroxylation is 1. The highest BCUT2D eigenvalue weighted by Gasteiger charge is 2.25. The second kappa shape index (κ2) is 9.99. The Hall–Kier alpha value is -4.51. The number of rotatable bonds is 7. The molecule has 39 heavy (non-hydrogen) atoms. The van der Waals surface area contributed by atoms with Crippen LogP contribution in [0, 0.1) is 0 Å². The van der Waals surface area contributed by atoms with Gasteiger partial charge in [-0.1, -0.05) is 12.1 Å². The summed E-state index contributed by atoms with van der Waals surface area (Å²) in [6, 6.07) is 11.9. The number of nitrogens with zero attached hydrogens (tertiary/aromatic N) is 8. The smallest absolute Gasteiger partial charge is 0.278 e. The predicted octanol–water partition coefficient (Wildman–Crippen LogP) is 3.66. The first kappa shape index (κ1) is 24.8. The second-order valence-corrected chi connectivity index (χ2v) is 10.0. The monoisotopic (exact) mass is 525 g/mol.